The van der Waals surface area contributed by atoms with Crippen molar-refractivity contribution in [1.29, 1.82) is 0 Å². The Morgan fingerprint density at radius 3 is 2.78 bits per heavy atom. The minimum Gasteiger partial charge on any atom is -0.244 e. The van der Waals surface area contributed by atoms with E-state index in [1.54, 1.807) is 0 Å². The largest absolute Gasteiger partial charge is 0.244 e. The van der Waals surface area contributed by atoms with Crippen molar-refractivity contribution in [3.8, 4) is 0 Å². The maximum atomic E-state index is 12.2. The average molecular weight is 289 g/mol. The van der Waals surface area contributed by atoms with E-state index < -0.39 is 10.0 Å². The molecule has 1 N–H and O–H groups in total. The van der Waals surface area contributed by atoms with Crippen LogP contribution in [0, 0.1) is 5.41 Å². The molecule has 0 radical (unpaired) electrons. The lowest BCUT2D eigenvalue weighted by Gasteiger charge is -2.27. The van der Waals surface area contributed by atoms with Crippen LogP contribution in [0.4, 0.5) is 0 Å². The molecule has 0 spiro atoms. The summed E-state index contributed by atoms with van der Waals surface area (Å²) in [5.74, 6) is 0. The Balaban J connectivity index is 2.23. The first-order valence-electron chi connectivity index (χ1n) is 5.95. The fourth-order valence-corrected chi connectivity index (χ4v) is 4.05. The molecular weight excluding hydrogens is 272 g/mol. The third-order valence-electron chi connectivity index (χ3n) is 3.56. The van der Waals surface area contributed by atoms with Gasteiger partial charge in [0.05, 0.1) is 4.90 Å². The SMILES string of the molecule is CC1(C)CCCC1NS(=O)(=O)c1ccnc(Cl)c1. The first-order valence-corrected chi connectivity index (χ1v) is 7.81. The monoisotopic (exact) mass is 288 g/mol. The number of nitrogens with one attached hydrogen (secondary N) is 1. The van der Waals surface area contributed by atoms with Crippen LogP contribution >= 0.6 is 11.6 Å². The van der Waals surface area contributed by atoms with Crippen LogP contribution in [0.3, 0.4) is 0 Å². The molecule has 1 aliphatic rings. The van der Waals surface area contributed by atoms with E-state index in [1.165, 1.54) is 18.3 Å². The Morgan fingerprint density at radius 2 is 2.22 bits per heavy atom. The number of hydrogen-bond donors (Lipinski definition) is 1. The molecule has 1 saturated carbocycles. The molecule has 1 unspecified atom stereocenters. The number of halogens is 1. The quantitative estimate of drug-likeness (QED) is 0.870. The molecule has 1 atom stereocenters. The summed E-state index contributed by atoms with van der Waals surface area (Å²) in [6.07, 6.45) is 4.37. The van der Waals surface area contributed by atoms with E-state index in [0.29, 0.717) is 0 Å². The van der Waals surface area contributed by atoms with Crippen molar-refractivity contribution in [2.75, 3.05) is 0 Å². The van der Waals surface area contributed by atoms with Crippen molar-refractivity contribution < 1.29 is 8.42 Å². The predicted octanol–water partition coefficient (Wildman–Crippen LogP) is 2.59. The summed E-state index contributed by atoms with van der Waals surface area (Å²) in [7, 11) is -3.51. The van der Waals surface area contributed by atoms with Gasteiger partial charge in [-0.3, -0.25) is 0 Å². The van der Waals surface area contributed by atoms with Crippen molar-refractivity contribution in [3.05, 3.63) is 23.5 Å². The zero-order valence-electron chi connectivity index (χ0n) is 10.5. The molecule has 0 aliphatic heterocycles. The van der Waals surface area contributed by atoms with Crippen molar-refractivity contribution in [3.63, 3.8) is 0 Å². The fraction of sp³-hybridized carbons (Fsp3) is 0.583. The van der Waals surface area contributed by atoms with Crippen LogP contribution < -0.4 is 4.72 Å². The second-order valence-electron chi connectivity index (χ2n) is 5.37. The van der Waals surface area contributed by atoms with E-state index in [-0.39, 0.29) is 21.5 Å². The minimum atomic E-state index is -3.51. The number of sulfonamides is 1. The summed E-state index contributed by atoms with van der Waals surface area (Å²) in [4.78, 5) is 3.96. The summed E-state index contributed by atoms with van der Waals surface area (Å²) >= 11 is 5.72. The van der Waals surface area contributed by atoms with Crippen LogP contribution in [0.5, 0.6) is 0 Å². The molecule has 0 bridgehead atoms. The van der Waals surface area contributed by atoms with Gasteiger partial charge in [-0.15, -0.1) is 0 Å². The first-order chi connectivity index (χ1) is 8.31. The molecule has 6 heteroatoms. The third kappa shape index (κ3) is 2.84. The van der Waals surface area contributed by atoms with E-state index in [9.17, 15) is 8.42 Å². The van der Waals surface area contributed by atoms with Crippen molar-refractivity contribution in [1.82, 2.24) is 9.71 Å². The topological polar surface area (TPSA) is 59.1 Å². The van der Waals surface area contributed by atoms with Crippen LogP contribution in [0.1, 0.15) is 33.1 Å². The number of aromatic nitrogens is 1. The molecular formula is C12H17ClN2O2S. The Hall–Kier alpha value is -0.650. The van der Waals surface area contributed by atoms with Gasteiger partial charge in [-0.05, 0) is 30.4 Å². The van der Waals surface area contributed by atoms with Gasteiger partial charge in [-0.25, -0.2) is 18.1 Å². The van der Waals surface area contributed by atoms with Crippen LogP contribution in [0.2, 0.25) is 5.15 Å². The molecule has 1 aromatic heterocycles. The minimum absolute atomic E-state index is 0.00386. The fourth-order valence-electron chi connectivity index (χ4n) is 2.35. The molecule has 1 fully saturated rings. The van der Waals surface area contributed by atoms with Crippen LogP contribution in [-0.4, -0.2) is 19.4 Å². The molecule has 100 valence electrons. The zero-order chi connectivity index (χ0) is 13.4. The molecule has 0 saturated heterocycles. The van der Waals surface area contributed by atoms with Gasteiger partial charge in [-0.2, -0.15) is 0 Å². The van der Waals surface area contributed by atoms with Gasteiger partial charge in [0.15, 0.2) is 0 Å². The molecule has 0 amide bonds. The number of hydrogen-bond acceptors (Lipinski definition) is 3. The zero-order valence-corrected chi connectivity index (χ0v) is 12.1. The maximum absolute atomic E-state index is 12.2. The highest BCUT2D eigenvalue weighted by Crippen LogP contribution is 2.37. The highest BCUT2D eigenvalue weighted by atomic mass is 35.5. The lowest BCUT2D eigenvalue weighted by atomic mass is 9.88. The molecule has 1 aromatic rings. The summed E-state index contributed by atoms with van der Waals surface area (Å²) in [5, 5.41) is 0.184. The van der Waals surface area contributed by atoms with Gasteiger partial charge in [0.2, 0.25) is 10.0 Å². The predicted molar refractivity (Wildman–Crippen MR) is 71.0 cm³/mol. The van der Waals surface area contributed by atoms with Gasteiger partial charge in [0, 0.05) is 12.2 Å². The van der Waals surface area contributed by atoms with Crippen molar-refractivity contribution >= 4 is 21.6 Å². The van der Waals surface area contributed by atoms with Gasteiger partial charge < -0.3 is 0 Å². The lowest BCUT2D eigenvalue weighted by molar-refractivity contribution is 0.313. The van der Waals surface area contributed by atoms with E-state index in [0.717, 1.165) is 19.3 Å². The van der Waals surface area contributed by atoms with E-state index in [1.807, 2.05) is 0 Å². The van der Waals surface area contributed by atoms with E-state index in [4.69, 9.17) is 11.6 Å². The Labute approximate surface area is 113 Å². The normalized spacial score (nSPS) is 23.2. The molecule has 1 aliphatic carbocycles. The second kappa shape index (κ2) is 4.79. The first kappa shape index (κ1) is 13.8. The highest BCUT2D eigenvalue weighted by molar-refractivity contribution is 7.89. The molecule has 18 heavy (non-hydrogen) atoms. The smallest absolute Gasteiger partial charge is 0.241 e. The Bertz CT molecular complexity index is 543. The summed E-state index contributed by atoms with van der Waals surface area (Å²) in [5.41, 5.74) is 0.00386. The van der Waals surface area contributed by atoms with Gasteiger partial charge in [-0.1, -0.05) is 31.9 Å². The summed E-state index contributed by atoms with van der Waals surface area (Å²) in [6, 6.07) is 2.80. The van der Waals surface area contributed by atoms with E-state index in [2.05, 4.69) is 23.6 Å². The molecule has 0 aromatic carbocycles. The van der Waals surface area contributed by atoms with E-state index >= 15 is 0 Å². The standard InChI is InChI=1S/C12H17ClN2O2S/c1-12(2)6-3-4-10(12)15-18(16,17)9-5-7-14-11(13)8-9/h5,7-8,10,15H,3-4,6H2,1-2H3. The summed E-state index contributed by atoms with van der Waals surface area (Å²) in [6.45, 7) is 4.18. The molecule has 4 nitrogen and oxygen atoms in total. The maximum Gasteiger partial charge on any atom is 0.241 e. The highest BCUT2D eigenvalue weighted by Gasteiger charge is 2.37. The van der Waals surface area contributed by atoms with Gasteiger partial charge >= 0.3 is 0 Å². The molecule has 1 heterocycles. The Morgan fingerprint density at radius 1 is 1.50 bits per heavy atom. The van der Waals surface area contributed by atoms with Crippen LogP contribution in [-0.2, 0) is 10.0 Å². The van der Waals surface area contributed by atoms with Gasteiger partial charge in [0.1, 0.15) is 5.15 Å². The van der Waals surface area contributed by atoms with Crippen LogP contribution in [0.15, 0.2) is 23.2 Å². The van der Waals surface area contributed by atoms with Crippen LogP contribution in [0.25, 0.3) is 0 Å². The average Bonchev–Trinajstić information content (AvgIpc) is 2.58. The molecule has 2 rings (SSSR count). The third-order valence-corrected chi connectivity index (χ3v) is 5.24. The Kier molecular flexibility index (Phi) is 3.67. The number of pyridine rings is 1. The number of nitrogens with zero attached hydrogens (tertiary/aromatic N) is 1. The lowest BCUT2D eigenvalue weighted by Crippen LogP contribution is -2.41. The number of rotatable bonds is 3. The van der Waals surface area contributed by atoms with Crippen molar-refractivity contribution in [2.45, 2.75) is 44.0 Å². The second-order valence-corrected chi connectivity index (χ2v) is 7.47. The summed E-state index contributed by atoms with van der Waals surface area (Å²) < 4.78 is 27.2. The van der Waals surface area contributed by atoms with Gasteiger partial charge in [0.25, 0.3) is 0 Å². The van der Waals surface area contributed by atoms with Crippen molar-refractivity contribution in [2.24, 2.45) is 5.41 Å².